The Morgan fingerprint density at radius 2 is 2.24 bits per heavy atom. The highest BCUT2D eigenvalue weighted by molar-refractivity contribution is 5.20. The molecule has 1 unspecified atom stereocenters. The van der Waals surface area contributed by atoms with Crippen LogP contribution in [0.2, 0.25) is 0 Å². The highest BCUT2D eigenvalue weighted by Gasteiger charge is 2.15. The topological polar surface area (TPSA) is 53.6 Å². The second-order valence-corrected chi connectivity index (χ2v) is 3.80. The third kappa shape index (κ3) is 2.88. The van der Waals surface area contributed by atoms with Crippen LogP contribution in [0.15, 0.2) is 30.5 Å². The Hall–Kier alpha value is -1.75. The van der Waals surface area contributed by atoms with Crippen molar-refractivity contribution in [1.29, 1.82) is 0 Å². The van der Waals surface area contributed by atoms with E-state index < -0.39 is 0 Å². The molecule has 0 amide bonds. The molecule has 0 saturated carbocycles. The number of likely N-dealkylation sites (N-methyl/N-ethyl adjacent to an activating group) is 1. The van der Waals surface area contributed by atoms with Crippen molar-refractivity contribution < 1.29 is 4.39 Å². The summed E-state index contributed by atoms with van der Waals surface area (Å²) >= 11 is 0. The van der Waals surface area contributed by atoms with Crippen molar-refractivity contribution in [2.24, 2.45) is 0 Å². The molecule has 1 aromatic heterocycles. The Labute approximate surface area is 99.2 Å². The molecule has 90 valence electrons. The van der Waals surface area contributed by atoms with Crippen LogP contribution in [-0.2, 0) is 6.42 Å². The zero-order valence-corrected chi connectivity index (χ0v) is 9.65. The second kappa shape index (κ2) is 5.54. The lowest BCUT2D eigenvalue weighted by Gasteiger charge is -2.15. The monoisotopic (exact) mass is 234 g/mol. The lowest BCUT2D eigenvalue weighted by molar-refractivity contribution is 0.517. The van der Waals surface area contributed by atoms with Gasteiger partial charge in [-0.1, -0.05) is 25.1 Å². The molecule has 0 spiro atoms. The molecular weight excluding hydrogens is 219 g/mol. The minimum atomic E-state index is -0.182. The number of hydrogen-bond donors (Lipinski definition) is 2. The van der Waals surface area contributed by atoms with Crippen molar-refractivity contribution in [3.63, 3.8) is 0 Å². The van der Waals surface area contributed by atoms with Crippen molar-refractivity contribution >= 4 is 0 Å². The van der Waals surface area contributed by atoms with Gasteiger partial charge in [-0.3, -0.25) is 0 Å². The largest absolute Gasteiger partial charge is 0.309 e. The van der Waals surface area contributed by atoms with Gasteiger partial charge in [0, 0.05) is 0 Å². The molecular formula is C12H15FN4. The molecule has 0 radical (unpaired) electrons. The summed E-state index contributed by atoms with van der Waals surface area (Å²) in [5.74, 6) is -0.182. The molecule has 2 rings (SSSR count). The molecule has 0 aliphatic heterocycles. The number of aromatic nitrogens is 3. The number of rotatable bonds is 5. The first kappa shape index (κ1) is 11.7. The minimum absolute atomic E-state index is 0.0179. The predicted octanol–water partition coefficient (Wildman–Crippen LogP) is 1.84. The summed E-state index contributed by atoms with van der Waals surface area (Å²) in [6, 6.07) is 6.78. The van der Waals surface area contributed by atoms with Gasteiger partial charge in [-0.2, -0.15) is 15.4 Å². The van der Waals surface area contributed by atoms with Gasteiger partial charge in [-0.05, 0) is 24.6 Å². The number of hydrogen-bond acceptors (Lipinski definition) is 3. The van der Waals surface area contributed by atoms with E-state index >= 15 is 0 Å². The van der Waals surface area contributed by atoms with Gasteiger partial charge in [-0.15, -0.1) is 0 Å². The first-order chi connectivity index (χ1) is 8.31. The van der Waals surface area contributed by atoms with Gasteiger partial charge in [-0.25, -0.2) is 4.39 Å². The molecule has 4 nitrogen and oxygen atoms in total. The van der Waals surface area contributed by atoms with Crippen LogP contribution < -0.4 is 5.32 Å². The zero-order chi connectivity index (χ0) is 12.1. The Bertz CT molecular complexity index is 455. The van der Waals surface area contributed by atoms with Gasteiger partial charge in [0.15, 0.2) is 0 Å². The first-order valence-electron chi connectivity index (χ1n) is 5.63. The van der Waals surface area contributed by atoms with E-state index in [4.69, 9.17) is 0 Å². The molecule has 1 heterocycles. The van der Waals surface area contributed by atoms with E-state index in [1.165, 1.54) is 6.07 Å². The Morgan fingerprint density at radius 1 is 1.41 bits per heavy atom. The van der Waals surface area contributed by atoms with Gasteiger partial charge >= 0.3 is 0 Å². The van der Waals surface area contributed by atoms with E-state index in [1.54, 1.807) is 18.3 Å². The van der Waals surface area contributed by atoms with Crippen LogP contribution in [0, 0.1) is 5.82 Å². The Morgan fingerprint density at radius 3 is 2.88 bits per heavy atom. The smallest absolute Gasteiger partial charge is 0.126 e. The van der Waals surface area contributed by atoms with E-state index in [2.05, 4.69) is 20.7 Å². The van der Waals surface area contributed by atoms with Crippen LogP contribution in [0.5, 0.6) is 0 Å². The number of nitrogens with one attached hydrogen (secondary N) is 2. The predicted molar refractivity (Wildman–Crippen MR) is 62.9 cm³/mol. The van der Waals surface area contributed by atoms with Crippen LogP contribution in [0.25, 0.3) is 0 Å². The maximum absolute atomic E-state index is 13.6. The van der Waals surface area contributed by atoms with Gasteiger partial charge < -0.3 is 5.32 Å². The Balaban J connectivity index is 2.16. The second-order valence-electron chi connectivity index (χ2n) is 3.80. The molecule has 0 aliphatic carbocycles. The fraction of sp³-hybridized carbons (Fsp3) is 0.333. The molecule has 0 saturated heterocycles. The highest BCUT2D eigenvalue weighted by Crippen LogP contribution is 2.17. The lowest BCUT2D eigenvalue weighted by atomic mass is 10.0. The minimum Gasteiger partial charge on any atom is -0.309 e. The molecule has 17 heavy (non-hydrogen) atoms. The molecule has 2 aromatic rings. The average molecular weight is 234 g/mol. The number of aromatic amines is 1. The molecule has 2 N–H and O–H groups in total. The zero-order valence-electron chi connectivity index (χ0n) is 9.65. The van der Waals surface area contributed by atoms with Gasteiger partial charge in [0.05, 0.1) is 17.9 Å². The molecule has 1 aromatic carbocycles. The summed E-state index contributed by atoms with van der Waals surface area (Å²) in [7, 11) is 0. The number of halogens is 1. The molecule has 0 bridgehead atoms. The van der Waals surface area contributed by atoms with E-state index in [-0.39, 0.29) is 11.9 Å². The van der Waals surface area contributed by atoms with Crippen LogP contribution in [0.1, 0.15) is 24.2 Å². The first-order valence-corrected chi connectivity index (χ1v) is 5.63. The van der Waals surface area contributed by atoms with E-state index in [0.717, 1.165) is 12.2 Å². The van der Waals surface area contributed by atoms with Gasteiger partial charge in [0.25, 0.3) is 0 Å². The standard InChI is InChI=1S/C12H15FN4/c1-2-14-11(12-8-15-17-16-12)7-9-5-3-4-6-10(9)13/h3-6,8,11,14H,2,7H2,1H3,(H,15,16,17). The number of nitrogens with zero attached hydrogens (tertiary/aromatic N) is 2. The molecule has 1 atom stereocenters. The SMILES string of the molecule is CCNC(Cc1ccccc1F)c1cn[nH]n1. The quantitative estimate of drug-likeness (QED) is 0.830. The van der Waals surface area contributed by atoms with E-state index in [0.29, 0.717) is 12.0 Å². The van der Waals surface area contributed by atoms with Crippen LogP contribution >= 0.6 is 0 Å². The molecule has 5 heteroatoms. The fourth-order valence-electron chi connectivity index (χ4n) is 1.79. The summed E-state index contributed by atoms with van der Waals surface area (Å²) in [5.41, 5.74) is 1.48. The van der Waals surface area contributed by atoms with Crippen LogP contribution in [0.3, 0.4) is 0 Å². The molecule has 0 fully saturated rings. The van der Waals surface area contributed by atoms with Crippen molar-refractivity contribution in [2.75, 3.05) is 6.54 Å². The summed E-state index contributed by atoms with van der Waals surface area (Å²) < 4.78 is 13.6. The Kier molecular flexibility index (Phi) is 3.82. The van der Waals surface area contributed by atoms with E-state index in [1.807, 2.05) is 13.0 Å². The maximum Gasteiger partial charge on any atom is 0.126 e. The van der Waals surface area contributed by atoms with Crippen LogP contribution in [-0.4, -0.2) is 22.0 Å². The van der Waals surface area contributed by atoms with Crippen molar-refractivity contribution in [3.05, 3.63) is 47.5 Å². The average Bonchev–Trinajstić information content (AvgIpc) is 2.85. The van der Waals surface area contributed by atoms with Crippen molar-refractivity contribution in [1.82, 2.24) is 20.7 Å². The van der Waals surface area contributed by atoms with Gasteiger partial charge in [0.1, 0.15) is 5.82 Å². The van der Waals surface area contributed by atoms with E-state index in [9.17, 15) is 4.39 Å². The third-order valence-electron chi connectivity index (χ3n) is 2.62. The summed E-state index contributed by atoms with van der Waals surface area (Å²) in [6.07, 6.45) is 2.22. The number of H-pyrrole nitrogens is 1. The van der Waals surface area contributed by atoms with Crippen LogP contribution in [0.4, 0.5) is 4.39 Å². The fourth-order valence-corrected chi connectivity index (χ4v) is 1.79. The molecule has 0 aliphatic rings. The van der Waals surface area contributed by atoms with Crippen molar-refractivity contribution in [3.8, 4) is 0 Å². The maximum atomic E-state index is 13.6. The van der Waals surface area contributed by atoms with Crippen molar-refractivity contribution in [2.45, 2.75) is 19.4 Å². The summed E-state index contributed by atoms with van der Waals surface area (Å²) in [4.78, 5) is 0. The normalized spacial score (nSPS) is 12.6. The summed E-state index contributed by atoms with van der Waals surface area (Å²) in [6.45, 7) is 2.81. The third-order valence-corrected chi connectivity index (χ3v) is 2.62. The lowest BCUT2D eigenvalue weighted by Crippen LogP contribution is -2.23. The highest BCUT2D eigenvalue weighted by atomic mass is 19.1. The number of benzene rings is 1. The summed E-state index contributed by atoms with van der Waals surface area (Å²) in [5, 5.41) is 13.7. The van der Waals surface area contributed by atoms with Gasteiger partial charge in [0.2, 0.25) is 0 Å².